The Morgan fingerprint density at radius 3 is 2.83 bits per heavy atom. The Balaban J connectivity index is 1.79. The van der Waals surface area contributed by atoms with Crippen molar-refractivity contribution in [1.29, 1.82) is 0 Å². The number of nitrogens with one attached hydrogen (secondary N) is 2. The van der Waals surface area contributed by atoms with Gasteiger partial charge >= 0.3 is 5.97 Å². The molecule has 0 amide bonds. The summed E-state index contributed by atoms with van der Waals surface area (Å²) in [6.07, 6.45) is 3.57. The number of carbonyl (C=O) groups excluding carboxylic acids is 1. The van der Waals surface area contributed by atoms with Crippen LogP contribution < -0.4 is 5.32 Å². The average molecular weight is 244 g/mol. The molecule has 1 aromatic carbocycles. The first-order valence-electron chi connectivity index (χ1n) is 6.32. The number of ether oxygens (including phenoxy) is 1. The minimum absolute atomic E-state index is 0.0485. The van der Waals surface area contributed by atoms with Gasteiger partial charge in [-0.3, -0.25) is 0 Å². The Labute approximate surface area is 105 Å². The number of para-hydroxylation sites is 1. The molecule has 2 N–H and O–H groups in total. The molecule has 94 valence electrons. The number of benzene rings is 1. The molecule has 0 radical (unpaired) electrons. The molecule has 0 spiro atoms. The quantitative estimate of drug-likeness (QED) is 0.795. The highest BCUT2D eigenvalue weighted by Crippen LogP contribution is 2.20. The van der Waals surface area contributed by atoms with Crippen molar-refractivity contribution in [2.45, 2.75) is 18.9 Å². The van der Waals surface area contributed by atoms with Gasteiger partial charge in [0.1, 0.15) is 6.10 Å². The number of H-pyrrole nitrogens is 1. The zero-order valence-corrected chi connectivity index (χ0v) is 10.1. The number of carbonyl (C=O) groups is 1. The van der Waals surface area contributed by atoms with Gasteiger partial charge in [0, 0.05) is 17.1 Å². The lowest BCUT2D eigenvalue weighted by molar-refractivity contribution is 0.0232. The van der Waals surface area contributed by atoms with E-state index < -0.39 is 0 Å². The summed E-state index contributed by atoms with van der Waals surface area (Å²) in [6.45, 7) is 1.84. The van der Waals surface area contributed by atoms with Crippen molar-refractivity contribution in [3.8, 4) is 0 Å². The Bertz CT molecular complexity index is 556. The highest BCUT2D eigenvalue weighted by Gasteiger charge is 2.20. The Morgan fingerprint density at radius 1 is 1.22 bits per heavy atom. The summed E-state index contributed by atoms with van der Waals surface area (Å²) >= 11 is 0. The van der Waals surface area contributed by atoms with Gasteiger partial charge in [0.2, 0.25) is 0 Å². The van der Waals surface area contributed by atoms with Gasteiger partial charge in [-0.15, -0.1) is 0 Å². The van der Waals surface area contributed by atoms with Crippen molar-refractivity contribution in [1.82, 2.24) is 10.3 Å². The monoisotopic (exact) mass is 244 g/mol. The van der Waals surface area contributed by atoms with E-state index in [9.17, 15) is 4.79 Å². The second-order valence-corrected chi connectivity index (χ2v) is 4.60. The van der Waals surface area contributed by atoms with Crippen molar-refractivity contribution in [3.05, 3.63) is 36.0 Å². The minimum atomic E-state index is -0.223. The molecule has 2 aromatic rings. The van der Waals surface area contributed by atoms with E-state index in [4.69, 9.17) is 4.74 Å². The highest BCUT2D eigenvalue weighted by atomic mass is 16.5. The van der Waals surface area contributed by atoms with E-state index in [2.05, 4.69) is 10.3 Å². The van der Waals surface area contributed by atoms with Crippen LogP contribution in [-0.2, 0) is 4.74 Å². The summed E-state index contributed by atoms with van der Waals surface area (Å²) in [5, 5.41) is 4.18. The number of rotatable bonds is 2. The number of hydrogen-bond donors (Lipinski definition) is 2. The van der Waals surface area contributed by atoms with Crippen molar-refractivity contribution in [2.24, 2.45) is 0 Å². The van der Waals surface area contributed by atoms with Crippen LogP contribution in [0, 0.1) is 0 Å². The Hall–Kier alpha value is -1.81. The largest absolute Gasteiger partial charge is 0.459 e. The summed E-state index contributed by atoms with van der Waals surface area (Å²) in [6, 6.07) is 7.76. The van der Waals surface area contributed by atoms with Gasteiger partial charge < -0.3 is 15.0 Å². The molecule has 1 saturated heterocycles. The van der Waals surface area contributed by atoms with Crippen LogP contribution in [-0.4, -0.2) is 30.1 Å². The lowest BCUT2D eigenvalue weighted by Crippen LogP contribution is -2.33. The van der Waals surface area contributed by atoms with Gasteiger partial charge in [0.15, 0.2) is 0 Å². The number of esters is 1. The molecule has 3 rings (SSSR count). The summed E-state index contributed by atoms with van der Waals surface area (Å²) in [5.41, 5.74) is 1.60. The molecule has 0 atom stereocenters. The number of aromatic nitrogens is 1. The zero-order chi connectivity index (χ0) is 12.4. The van der Waals surface area contributed by atoms with Crippen LogP contribution in [0.4, 0.5) is 0 Å². The van der Waals surface area contributed by atoms with Crippen LogP contribution in [0.1, 0.15) is 23.2 Å². The van der Waals surface area contributed by atoms with E-state index >= 15 is 0 Å². The third kappa shape index (κ3) is 2.11. The summed E-state index contributed by atoms with van der Waals surface area (Å²) in [7, 11) is 0. The molecule has 1 aromatic heterocycles. The molecule has 1 aliphatic rings. The molecule has 18 heavy (non-hydrogen) atoms. The van der Waals surface area contributed by atoms with Crippen LogP contribution in [0.25, 0.3) is 10.9 Å². The number of fused-ring (bicyclic) bond motifs is 1. The van der Waals surface area contributed by atoms with E-state index in [0.29, 0.717) is 5.56 Å². The predicted molar refractivity (Wildman–Crippen MR) is 69.6 cm³/mol. The SMILES string of the molecule is O=C(OC1CCNCC1)c1c[nH]c2ccccc12. The molecule has 1 aliphatic heterocycles. The summed E-state index contributed by atoms with van der Waals surface area (Å²) in [5.74, 6) is -0.223. The van der Waals surface area contributed by atoms with Crippen molar-refractivity contribution in [3.63, 3.8) is 0 Å². The van der Waals surface area contributed by atoms with E-state index in [1.807, 2.05) is 24.3 Å². The first-order chi connectivity index (χ1) is 8.84. The van der Waals surface area contributed by atoms with Crippen LogP contribution in [0.15, 0.2) is 30.5 Å². The second-order valence-electron chi connectivity index (χ2n) is 4.60. The van der Waals surface area contributed by atoms with Gasteiger partial charge in [-0.05, 0) is 32.0 Å². The average Bonchev–Trinajstić information content (AvgIpc) is 2.84. The third-order valence-electron chi connectivity index (χ3n) is 3.37. The van der Waals surface area contributed by atoms with E-state index in [-0.39, 0.29) is 12.1 Å². The molecule has 0 bridgehead atoms. The maximum absolute atomic E-state index is 12.1. The third-order valence-corrected chi connectivity index (χ3v) is 3.37. The smallest absolute Gasteiger partial charge is 0.340 e. The molecular weight excluding hydrogens is 228 g/mol. The van der Waals surface area contributed by atoms with E-state index in [1.165, 1.54) is 0 Å². The standard InChI is InChI=1S/C14H16N2O2/c17-14(18-10-5-7-15-8-6-10)12-9-16-13-4-2-1-3-11(12)13/h1-4,9-10,15-16H,5-8H2. The van der Waals surface area contributed by atoms with Crippen LogP contribution in [0.5, 0.6) is 0 Å². The van der Waals surface area contributed by atoms with E-state index in [0.717, 1.165) is 36.8 Å². The van der Waals surface area contributed by atoms with Crippen LogP contribution in [0.2, 0.25) is 0 Å². The maximum atomic E-state index is 12.1. The molecule has 2 heterocycles. The first-order valence-corrected chi connectivity index (χ1v) is 6.32. The lowest BCUT2D eigenvalue weighted by atomic mass is 10.1. The predicted octanol–water partition coefficient (Wildman–Crippen LogP) is 2.08. The van der Waals surface area contributed by atoms with Gasteiger partial charge in [0.05, 0.1) is 5.56 Å². The second kappa shape index (κ2) is 4.82. The fourth-order valence-electron chi connectivity index (χ4n) is 2.37. The molecule has 4 nitrogen and oxygen atoms in total. The fraction of sp³-hybridized carbons (Fsp3) is 0.357. The van der Waals surface area contributed by atoms with Gasteiger partial charge in [-0.25, -0.2) is 4.79 Å². The molecule has 0 unspecified atom stereocenters. The Kier molecular flexibility index (Phi) is 3.02. The van der Waals surface area contributed by atoms with Crippen molar-refractivity contribution < 1.29 is 9.53 Å². The molecule has 1 fully saturated rings. The molecule has 0 aliphatic carbocycles. The highest BCUT2D eigenvalue weighted by molar-refractivity contribution is 6.04. The fourth-order valence-corrected chi connectivity index (χ4v) is 2.37. The Morgan fingerprint density at radius 2 is 2.00 bits per heavy atom. The molecular formula is C14H16N2O2. The maximum Gasteiger partial charge on any atom is 0.340 e. The van der Waals surface area contributed by atoms with E-state index in [1.54, 1.807) is 6.20 Å². The number of aromatic amines is 1. The van der Waals surface area contributed by atoms with Gasteiger partial charge in [-0.2, -0.15) is 0 Å². The van der Waals surface area contributed by atoms with Crippen molar-refractivity contribution in [2.75, 3.05) is 13.1 Å². The van der Waals surface area contributed by atoms with Crippen molar-refractivity contribution >= 4 is 16.9 Å². The summed E-state index contributed by atoms with van der Waals surface area (Å²) < 4.78 is 5.54. The first kappa shape index (κ1) is 11.3. The van der Waals surface area contributed by atoms with Gasteiger partial charge in [0.25, 0.3) is 0 Å². The topological polar surface area (TPSA) is 54.1 Å². The lowest BCUT2D eigenvalue weighted by Gasteiger charge is -2.22. The van der Waals surface area contributed by atoms with Gasteiger partial charge in [-0.1, -0.05) is 18.2 Å². The zero-order valence-electron chi connectivity index (χ0n) is 10.1. The molecule has 0 saturated carbocycles. The minimum Gasteiger partial charge on any atom is -0.459 e. The van der Waals surface area contributed by atoms with Crippen LogP contribution in [0.3, 0.4) is 0 Å². The molecule has 4 heteroatoms. The normalized spacial score (nSPS) is 16.9. The number of hydrogen-bond acceptors (Lipinski definition) is 3. The summed E-state index contributed by atoms with van der Waals surface area (Å²) in [4.78, 5) is 15.2. The van der Waals surface area contributed by atoms with Crippen LogP contribution >= 0.6 is 0 Å². The number of piperidine rings is 1.